The Morgan fingerprint density at radius 3 is 0.700 bits per heavy atom. The zero-order valence-electron chi connectivity index (χ0n) is 21.5. The topological polar surface area (TPSA) is 0 Å². The Hall–Kier alpha value is -0.260. The lowest BCUT2D eigenvalue weighted by molar-refractivity contribution is 0.536. The van der Waals surface area contributed by atoms with Crippen molar-refractivity contribution in [2.45, 2.75) is 181 Å². The second-order valence-electron chi connectivity index (χ2n) is 9.83. The molecule has 0 aromatic rings. The van der Waals surface area contributed by atoms with E-state index in [1.807, 2.05) is 0 Å². The molecule has 0 saturated heterocycles. The molecule has 0 bridgehead atoms. The monoisotopic (exact) mass is 420 g/mol. The van der Waals surface area contributed by atoms with Crippen LogP contribution >= 0.6 is 0 Å². The van der Waals surface area contributed by atoms with Crippen molar-refractivity contribution in [1.29, 1.82) is 0 Å². The molecule has 0 saturated carbocycles. The Morgan fingerprint density at radius 1 is 0.267 bits per heavy atom. The van der Waals surface area contributed by atoms with Crippen LogP contribution in [0.15, 0.2) is 12.2 Å². The van der Waals surface area contributed by atoms with Gasteiger partial charge in [0.2, 0.25) is 0 Å². The molecule has 0 atom stereocenters. The lowest BCUT2D eigenvalue weighted by Gasteiger charge is -2.03. The number of hydrogen-bond acceptors (Lipinski definition) is 0. The highest BCUT2D eigenvalue weighted by Gasteiger charge is 1.94. The molecule has 0 amide bonds. The zero-order valence-corrected chi connectivity index (χ0v) is 21.5. The largest absolute Gasteiger partial charge is 0.0885 e. The van der Waals surface area contributed by atoms with E-state index in [2.05, 4.69) is 26.0 Å². The average molecular weight is 421 g/mol. The molecular formula is C30H60. The maximum atomic E-state index is 2.45. The second kappa shape index (κ2) is 28.7. The van der Waals surface area contributed by atoms with Gasteiger partial charge < -0.3 is 0 Å². The van der Waals surface area contributed by atoms with Crippen LogP contribution in [0.25, 0.3) is 0 Å². The molecule has 0 aliphatic heterocycles. The van der Waals surface area contributed by atoms with E-state index in [4.69, 9.17) is 0 Å². The molecule has 0 aliphatic carbocycles. The van der Waals surface area contributed by atoms with Crippen molar-refractivity contribution in [1.82, 2.24) is 0 Å². The van der Waals surface area contributed by atoms with Gasteiger partial charge in [-0.3, -0.25) is 0 Å². The van der Waals surface area contributed by atoms with Gasteiger partial charge >= 0.3 is 0 Å². The van der Waals surface area contributed by atoms with Gasteiger partial charge in [-0.2, -0.15) is 0 Å². The summed E-state index contributed by atoms with van der Waals surface area (Å²) in [4.78, 5) is 0. The van der Waals surface area contributed by atoms with Crippen molar-refractivity contribution in [2.24, 2.45) is 0 Å². The SMILES string of the molecule is CCCCCCCCCCCC/C=C/CCCCCCCCCCCCCCCC. The fraction of sp³-hybridized carbons (Fsp3) is 0.933. The van der Waals surface area contributed by atoms with Gasteiger partial charge in [-0.25, -0.2) is 0 Å². The first kappa shape index (κ1) is 29.7. The number of rotatable bonds is 26. The van der Waals surface area contributed by atoms with Crippen LogP contribution in [-0.4, -0.2) is 0 Å². The van der Waals surface area contributed by atoms with Crippen molar-refractivity contribution in [3.05, 3.63) is 12.2 Å². The van der Waals surface area contributed by atoms with Gasteiger partial charge in [0.1, 0.15) is 0 Å². The van der Waals surface area contributed by atoms with E-state index < -0.39 is 0 Å². The minimum absolute atomic E-state index is 1.31. The van der Waals surface area contributed by atoms with Crippen molar-refractivity contribution >= 4 is 0 Å². The normalized spacial score (nSPS) is 11.7. The molecule has 30 heavy (non-hydrogen) atoms. The maximum Gasteiger partial charge on any atom is -0.0351 e. The van der Waals surface area contributed by atoms with Crippen LogP contribution in [0.3, 0.4) is 0 Å². The van der Waals surface area contributed by atoms with Crippen LogP contribution < -0.4 is 0 Å². The summed E-state index contributed by atoms with van der Waals surface area (Å²) >= 11 is 0. The number of unbranched alkanes of at least 4 members (excludes halogenated alkanes) is 24. The fourth-order valence-electron chi connectivity index (χ4n) is 4.44. The highest BCUT2D eigenvalue weighted by molar-refractivity contribution is 4.81. The van der Waals surface area contributed by atoms with Crippen molar-refractivity contribution in [2.75, 3.05) is 0 Å². The van der Waals surface area contributed by atoms with Gasteiger partial charge in [-0.1, -0.05) is 167 Å². The van der Waals surface area contributed by atoms with Crippen LogP contribution in [-0.2, 0) is 0 Å². The predicted octanol–water partition coefficient (Wildman–Crippen LogP) is 11.7. The standard InChI is InChI=1S/C30H60/c1-3-5-7-9-11-13-15-17-19-21-23-25-27-29-30-28-26-24-22-20-18-16-14-12-10-8-6-4-2/h25,27H,3-24,26,28-30H2,1-2H3/b27-25+. The molecule has 0 aromatic heterocycles. The Kier molecular flexibility index (Phi) is 28.5. The summed E-state index contributed by atoms with van der Waals surface area (Å²) in [5.41, 5.74) is 0. The summed E-state index contributed by atoms with van der Waals surface area (Å²) in [6.07, 6.45) is 42.4. The lowest BCUT2D eigenvalue weighted by atomic mass is 10.0. The van der Waals surface area contributed by atoms with Crippen LogP contribution in [0.2, 0.25) is 0 Å². The Balaban J connectivity index is 3.05. The molecule has 0 aromatic carbocycles. The lowest BCUT2D eigenvalue weighted by Crippen LogP contribution is -1.83. The van der Waals surface area contributed by atoms with Crippen molar-refractivity contribution < 1.29 is 0 Å². The van der Waals surface area contributed by atoms with Gasteiger partial charge in [0, 0.05) is 0 Å². The highest BCUT2D eigenvalue weighted by atomic mass is 14.0. The molecule has 0 heterocycles. The summed E-state index contributed by atoms with van der Waals surface area (Å²) in [7, 11) is 0. The van der Waals surface area contributed by atoms with Gasteiger partial charge in [0.05, 0.1) is 0 Å². The average Bonchev–Trinajstić information content (AvgIpc) is 2.76. The summed E-state index contributed by atoms with van der Waals surface area (Å²) in [5, 5.41) is 0. The fourth-order valence-corrected chi connectivity index (χ4v) is 4.44. The summed E-state index contributed by atoms with van der Waals surface area (Å²) in [5.74, 6) is 0. The first-order chi connectivity index (χ1) is 14.9. The van der Waals surface area contributed by atoms with Crippen LogP contribution in [0.5, 0.6) is 0 Å². The summed E-state index contributed by atoms with van der Waals surface area (Å²) < 4.78 is 0. The minimum Gasteiger partial charge on any atom is -0.0885 e. The van der Waals surface area contributed by atoms with E-state index in [0.29, 0.717) is 0 Å². The quantitative estimate of drug-likeness (QED) is 0.0963. The van der Waals surface area contributed by atoms with Crippen LogP contribution in [0.1, 0.15) is 181 Å². The molecule has 0 spiro atoms. The molecule has 0 nitrogen and oxygen atoms in total. The third-order valence-corrected chi connectivity index (χ3v) is 6.62. The van der Waals surface area contributed by atoms with E-state index >= 15 is 0 Å². The number of allylic oxidation sites excluding steroid dienone is 2. The molecule has 0 rings (SSSR count). The molecule has 0 unspecified atom stereocenters. The van der Waals surface area contributed by atoms with E-state index in [1.165, 1.54) is 167 Å². The van der Waals surface area contributed by atoms with E-state index in [9.17, 15) is 0 Å². The summed E-state index contributed by atoms with van der Waals surface area (Å²) in [6.45, 7) is 4.60. The first-order valence-corrected chi connectivity index (χ1v) is 14.6. The van der Waals surface area contributed by atoms with Crippen LogP contribution in [0, 0.1) is 0 Å². The molecule has 0 fully saturated rings. The molecule has 0 heteroatoms. The Labute approximate surface area is 193 Å². The third-order valence-electron chi connectivity index (χ3n) is 6.62. The maximum absolute atomic E-state index is 2.45. The van der Waals surface area contributed by atoms with Gasteiger partial charge in [0.15, 0.2) is 0 Å². The first-order valence-electron chi connectivity index (χ1n) is 14.6. The van der Waals surface area contributed by atoms with Crippen molar-refractivity contribution in [3.8, 4) is 0 Å². The summed E-state index contributed by atoms with van der Waals surface area (Å²) in [6, 6.07) is 0. The second-order valence-corrected chi connectivity index (χ2v) is 9.83. The third kappa shape index (κ3) is 27.7. The zero-order chi connectivity index (χ0) is 21.8. The smallest absolute Gasteiger partial charge is 0.0351 e. The molecule has 0 aliphatic rings. The predicted molar refractivity (Wildman–Crippen MR) is 141 cm³/mol. The minimum atomic E-state index is 1.31. The highest BCUT2D eigenvalue weighted by Crippen LogP contribution is 2.14. The Morgan fingerprint density at radius 2 is 0.467 bits per heavy atom. The van der Waals surface area contributed by atoms with E-state index in [-0.39, 0.29) is 0 Å². The van der Waals surface area contributed by atoms with Gasteiger partial charge in [0.25, 0.3) is 0 Å². The molecule has 180 valence electrons. The molecular weight excluding hydrogens is 360 g/mol. The molecule has 0 radical (unpaired) electrons. The van der Waals surface area contributed by atoms with Gasteiger partial charge in [-0.15, -0.1) is 0 Å². The van der Waals surface area contributed by atoms with Gasteiger partial charge in [-0.05, 0) is 25.7 Å². The molecule has 0 N–H and O–H groups in total. The number of hydrogen-bond donors (Lipinski definition) is 0. The van der Waals surface area contributed by atoms with E-state index in [0.717, 1.165) is 0 Å². The van der Waals surface area contributed by atoms with Crippen LogP contribution in [0.4, 0.5) is 0 Å². The van der Waals surface area contributed by atoms with E-state index in [1.54, 1.807) is 0 Å². The van der Waals surface area contributed by atoms with Crippen molar-refractivity contribution in [3.63, 3.8) is 0 Å². The Bertz CT molecular complexity index is 303.